The number of fused-ring (bicyclic) bond motifs is 1. The second-order valence-electron chi connectivity index (χ2n) is 4.01. The van der Waals surface area contributed by atoms with Gasteiger partial charge in [0.15, 0.2) is 23.7 Å². The van der Waals surface area contributed by atoms with Gasteiger partial charge in [0.1, 0.15) is 5.82 Å². The summed E-state index contributed by atoms with van der Waals surface area (Å²) in [4.78, 5) is 22.5. The molecule has 8 nitrogen and oxygen atoms in total. The van der Waals surface area contributed by atoms with E-state index in [4.69, 9.17) is 14.6 Å². The van der Waals surface area contributed by atoms with Crippen molar-refractivity contribution in [2.45, 2.75) is 19.4 Å². The zero-order chi connectivity index (χ0) is 12.7. The summed E-state index contributed by atoms with van der Waals surface area (Å²) >= 11 is 0. The quantitative estimate of drug-likeness (QED) is 0.732. The van der Waals surface area contributed by atoms with E-state index in [9.17, 15) is 4.79 Å². The van der Waals surface area contributed by atoms with Gasteiger partial charge < -0.3 is 19.6 Å². The van der Waals surface area contributed by atoms with E-state index in [-0.39, 0.29) is 24.3 Å². The van der Waals surface area contributed by atoms with Crippen molar-refractivity contribution in [1.82, 2.24) is 19.5 Å². The van der Waals surface area contributed by atoms with Crippen molar-refractivity contribution in [3.63, 3.8) is 0 Å². The van der Waals surface area contributed by atoms with Crippen LogP contribution in [0.1, 0.15) is 12.1 Å². The van der Waals surface area contributed by atoms with Gasteiger partial charge in [0.05, 0.1) is 19.5 Å². The third-order valence-electron chi connectivity index (χ3n) is 2.74. The van der Waals surface area contributed by atoms with Gasteiger partial charge in [0, 0.05) is 0 Å². The molecule has 96 valence electrons. The first-order valence-electron chi connectivity index (χ1n) is 5.50. The molecule has 18 heavy (non-hydrogen) atoms. The molecule has 0 aliphatic carbocycles. The maximum atomic E-state index is 11.7. The van der Waals surface area contributed by atoms with Gasteiger partial charge >= 0.3 is 0 Å². The van der Waals surface area contributed by atoms with E-state index in [2.05, 4.69) is 15.0 Å². The summed E-state index contributed by atoms with van der Waals surface area (Å²) in [6, 6.07) is 0. The Kier molecular flexibility index (Phi) is 2.62. The lowest BCUT2D eigenvalue weighted by Gasteiger charge is -2.11. The van der Waals surface area contributed by atoms with Gasteiger partial charge in [-0.3, -0.25) is 9.36 Å². The number of aromatic amines is 1. The standard InChI is InChI=1S/C10H12N4O4/c1-5-12-9-8(10(16)13-5)11-4-14(9)6-3-17-7(2-15)18-6/h4,6-7,15H,2-3H2,1H3,(H,12,13,16)/t6-,7-/m1/s1. The Morgan fingerprint density at radius 1 is 1.67 bits per heavy atom. The molecule has 1 fully saturated rings. The predicted octanol–water partition coefficient (Wildman–Crippen LogP) is -0.708. The van der Waals surface area contributed by atoms with Crippen LogP contribution in [-0.2, 0) is 9.47 Å². The number of nitrogens with one attached hydrogen (secondary N) is 1. The Morgan fingerprint density at radius 3 is 3.22 bits per heavy atom. The Labute approximate surface area is 101 Å². The second kappa shape index (κ2) is 4.16. The van der Waals surface area contributed by atoms with E-state index in [1.165, 1.54) is 6.33 Å². The fourth-order valence-electron chi connectivity index (χ4n) is 1.93. The zero-order valence-electron chi connectivity index (χ0n) is 9.66. The Hall–Kier alpha value is -1.77. The molecule has 0 unspecified atom stereocenters. The lowest BCUT2D eigenvalue weighted by Crippen LogP contribution is -2.16. The van der Waals surface area contributed by atoms with Gasteiger partial charge in [-0.2, -0.15) is 0 Å². The molecule has 0 aromatic carbocycles. The summed E-state index contributed by atoms with van der Waals surface area (Å²) in [5.74, 6) is 0.506. The molecule has 1 saturated heterocycles. The van der Waals surface area contributed by atoms with E-state index in [0.717, 1.165) is 0 Å². The molecule has 0 bridgehead atoms. The second-order valence-corrected chi connectivity index (χ2v) is 4.01. The molecule has 2 N–H and O–H groups in total. The third kappa shape index (κ3) is 1.70. The van der Waals surface area contributed by atoms with E-state index in [1.54, 1.807) is 11.5 Å². The van der Waals surface area contributed by atoms with Crippen LogP contribution < -0.4 is 5.56 Å². The van der Waals surface area contributed by atoms with E-state index in [1.807, 2.05) is 0 Å². The molecule has 3 rings (SSSR count). The lowest BCUT2D eigenvalue weighted by atomic mass is 10.5. The normalized spacial score (nSPS) is 23.9. The molecule has 0 spiro atoms. The Morgan fingerprint density at radius 2 is 2.50 bits per heavy atom. The molecule has 0 saturated carbocycles. The molecule has 2 atom stereocenters. The largest absolute Gasteiger partial charge is 0.391 e. The molecule has 3 heterocycles. The van der Waals surface area contributed by atoms with Gasteiger partial charge in [-0.05, 0) is 6.92 Å². The molecule has 2 aromatic heterocycles. The van der Waals surface area contributed by atoms with Crippen LogP contribution in [0.3, 0.4) is 0 Å². The molecule has 1 aliphatic heterocycles. The van der Waals surface area contributed by atoms with Crippen molar-refractivity contribution >= 4 is 11.2 Å². The van der Waals surface area contributed by atoms with Crippen LogP contribution >= 0.6 is 0 Å². The molecule has 2 aromatic rings. The van der Waals surface area contributed by atoms with Crippen LogP contribution in [0.5, 0.6) is 0 Å². The maximum Gasteiger partial charge on any atom is 0.279 e. The highest BCUT2D eigenvalue weighted by molar-refractivity contribution is 5.69. The number of hydrogen-bond acceptors (Lipinski definition) is 6. The lowest BCUT2D eigenvalue weighted by molar-refractivity contribution is -0.0980. The third-order valence-corrected chi connectivity index (χ3v) is 2.74. The number of hydrogen-bond donors (Lipinski definition) is 2. The summed E-state index contributed by atoms with van der Waals surface area (Å²) in [5.41, 5.74) is 0.425. The van der Waals surface area contributed by atoms with E-state index >= 15 is 0 Å². The van der Waals surface area contributed by atoms with Gasteiger partial charge in [-0.15, -0.1) is 0 Å². The molecule has 0 radical (unpaired) electrons. The summed E-state index contributed by atoms with van der Waals surface area (Å²) in [6.45, 7) is 1.76. The Balaban J connectivity index is 2.05. The van der Waals surface area contributed by atoms with E-state index < -0.39 is 12.5 Å². The minimum absolute atomic E-state index is 0.212. The number of nitrogens with zero attached hydrogens (tertiary/aromatic N) is 3. The predicted molar refractivity (Wildman–Crippen MR) is 59.8 cm³/mol. The van der Waals surface area contributed by atoms with Crippen molar-refractivity contribution in [2.24, 2.45) is 0 Å². The number of aromatic nitrogens is 4. The summed E-state index contributed by atoms with van der Waals surface area (Å²) in [7, 11) is 0. The fraction of sp³-hybridized carbons (Fsp3) is 0.500. The van der Waals surface area contributed by atoms with Crippen LogP contribution in [0.4, 0.5) is 0 Å². The molecule has 8 heteroatoms. The number of H-pyrrole nitrogens is 1. The number of rotatable bonds is 2. The first kappa shape index (κ1) is 11.3. The first-order chi connectivity index (χ1) is 8.69. The Bertz CT molecular complexity index is 634. The summed E-state index contributed by atoms with van der Waals surface area (Å²) in [6.07, 6.45) is 0.413. The summed E-state index contributed by atoms with van der Waals surface area (Å²) < 4.78 is 12.3. The minimum atomic E-state index is -0.643. The highest BCUT2D eigenvalue weighted by Crippen LogP contribution is 2.23. The van der Waals surface area contributed by atoms with Crippen LogP contribution in [-0.4, -0.2) is 44.1 Å². The maximum absolute atomic E-state index is 11.7. The minimum Gasteiger partial charge on any atom is -0.391 e. The van der Waals surface area contributed by atoms with Crippen LogP contribution in [0.15, 0.2) is 11.1 Å². The zero-order valence-corrected chi connectivity index (χ0v) is 9.66. The monoisotopic (exact) mass is 252 g/mol. The average Bonchev–Trinajstić information content (AvgIpc) is 2.93. The number of aliphatic hydroxyl groups excluding tert-OH is 1. The van der Waals surface area contributed by atoms with Crippen molar-refractivity contribution in [3.8, 4) is 0 Å². The van der Waals surface area contributed by atoms with E-state index in [0.29, 0.717) is 11.5 Å². The van der Waals surface area contributed by atoms with Crippen molar-refractivity contribution < 1.29 is 14.6 Å². The van der Waals surface area contributed by atoms with Gasteiger partial charge in [-0.25, -0.2) is 9.97 Å². The number of imidazole rings is 1. The molecular weight excluding hydrogens is 240 g/mol. The van der Waals surface area contributed by atoms with Crippen molar-refractivity contribution in [1.29, 1.82) is 0 Å². The number of aliphatic hydroxyl groups is 1. The van der Waals surface area contributed by atoms with Gasteiger partial charge in [0.25, 0.3) is 5.56 Å². The number of aryl methyl sites for hydroxylation is 1. The fourth-order valence-corrected chi connectivity index (χ4v) is 1.93. The number of ether oxygens (including phenoxy) is 2. The van der Waals surface area contributed by atoms with Crippen molar-refractivity contribution in [3.05, 3.63) is 22.5 Å². The van der Waals surface area contributed by atoms with Crippen LogP contribution in [0.25, 0.3) is 11.2 Å². The molecule has 0 amide bonds. The summed E-state index contributed by atoms with van der Waals surface area (Å²) in [5, 5.41) is 8.94. The highest BCUT2D eigenvalue weighted by Gasteiger charge is 2.28. The smallest absolute Gasteiger partial charge is 0.279 e. The topological polar surface area (TPSA) is 102 Å². The van der Waals surface area contributed by atoms with Crippen LogP contribution in [0, 0.1) is 6.92 Å². The SMILES string of the molecule is Cc1nc2c(ncn2[C@H]2CO[C@@H](CO)O2)c(=O)[nH]1. The molecular formula is C10H12N4O4. The van der Waals surface area contributed by atoms with Crippen molar-refractivity contribution in [2.75, 3.05) is 13.2 Å². The first-order valence-corrected chi connectivity index (χ1v) is 5.50. The average molecular weight is 252 g/mol. The van der Waals surface area contributed by atoms with Gasteiger partial charge in [-0.1, -0.05) is 0 Å². The molecule has 1 aliphatic rings. The van der Waals surface area contributed by atoms with Crippen LogP contribution in [0.2, 0.25) is 0 Å². The highest BCUT2D eigenvalue weighted by atomic mass is 16.7. The van der Waals surface area contributed by atoms with Gasteiger partial charge in [0.2, 0.25) is 0 Å².